The van der Waals surface area contributed by atoms with Gasteiger partial charge in [-0.2, -0.15) is 0 Å². The number of non-ortho nitro benzene ring substituents is 1. The van der Waals surface area contributed by atoms with Gasteiger partial charge in [0.05, 0.1) is 27.4 Å². The number of aryl methyl sites for hydroxylation is 1. The van der Waals surface area contributed by atoms with Crippen molar-refractivity contribution in [1.29, 1.82) is 0 Å². The van der Waals surface area contributed by atoms with Crippen molar-refractivity contribution < 1.29 is 14.5 Å². The van der Waals surface area contributed by atoms with E-state index in [-0.39, 0.29) is 23.4 Å². The number of benzene rings is 2. The summed E-state index contributed by atoms with van der Waals surface area (Å²) in [6.45, 7) is 0. The van der Waals surface area contributed by atoms with E-state index in [0.717, 1.165) is 22.2 Å². The van der Waals surface area contributed by atoms with Crippen LogP contribution in [0.15, 0.2) is 47.6 Å². The Kier molecular flexibility index (Phi) is 4.00. The first-order chi connectivity index (χ1) is 14.5. The Hall–Kier alpha value is -3.86. The standard InChI is InChI=1S/C19H12N6O4S/c1-23-14-7-6-10(25(28)29)8-13(14)15-16(23)20-19(22-21-15)30-9-24-17(26)11-4-2-3-5-12(11)18(24)27/h2-8H,9H2,1H3. The van der Waals surface area contributed by atoms with Crippen molar-refractivity contribution in [2.75, 3.05) is 5.88 Å². The first-order valence-corrected chi connectivity index (χ1v) is 9.79. The van der Waals surface area contributed by atoms with Gasteiger partial charge in [0.15, 0.2) is 5.65 Å². The van der Waals surface area contributed by atoms with Gasteiger partial charge in [0.25, 0.3) is 17.5 Å². The summed E-state index contributed by atoms with van der Waals surface area (Å²) in [7, 11) is 1.78. The van der Waals surface area contributed by atoms with Gasteiger partial charge in [-0.05, 0) is 18.2 Å². The van der Waals surface area contributed by atoms with E-state index < -0.39 is 4.92 Å². The Morgan fingerprint density at radius 1 is 1.07 bits per heavy atom. The number of fused-ring (bicyclic) bond motifs is 4. The number of imide groups is 1. The molecule has 3 heterocycles. The molecule has 2 aromatic heterocycles. The average molecular weight is 420 g/mol. The summed E-state index contributed by atoms with van der Waals surface area (Å²) < 4.78 is 1.77. The molecule has 0 bridgehead atoms. The number of hydrogen-bond acceptors (Lipinski definition) is 8. The normalized spacial score (nSPS) is 13.4. The maximum Gasteiger partial charge on any atom is 0.270 e. The third-order valence-electron chi connectivity index (χ3n) is 4.97. The quantitative estimate of drug-likeness (QED) is 0.214. The van der Waals surface area contributed by atoms with Gasteiger partial charge in [-0.15, -0.1) is 10.2 Å². The Morgan fingerprint density at radius 2 is 1.77 bits per heavy atom. The molecular weight excluding hydrogens is 408 g/mol. The average Bonchev–Trinajstić information content (AvgIpc) is 3.17. The second-order valence-electron chi connectivity index (χ2n) is 6.64. The van der Waals surface area contributed by atoms with Crippen LogP contribution in [-0.2, 0) is 7.05 Å². The van der Waals surface area contributed by atoms with E-state index in [1.54, 1.807) is 41.9 Å². The fourth-order valence-electron chi connectivity index (χ4n) is 3.49. The van der Waals surface area contributed by atoms with Crippen molar-refractivity contribution in [1.82, 2.24) is 24.6 Å². The molecule has 0 saturated carbocycles. The van der Waals surface area contributed by atoms with Gasteiger partial charge in [0.1, 0.15) is 5.52 Å². The Morgan fingerprint density at radius 3 is 2.43 bits per heavy atom. The van der Waals surface area contributed by atoms with Crippen LogP contribution in [0.5, 0.6) is 0 Å². The number of hydrogen-bond donors (Lipinski definition) is 0. The molecule has 0 aliphatic carbocycles. The van der Waals surface area contributed by atoms with Crippen LogP contribution in [0.2, 0.25) is 0 Å². The van der Waals surface area contributed by atoms with E-state index in [1.165, 1.54) is 12.1 Å². The molecule has 0 radical (unpaired) electrons. The lowest BCUT2D eigenvalue weighted by molar-refractivity contribution is -0.384. The molecule has 1 aliphatic heterocycles. The molecule has 0 atom stereocenters. The zero-order chi connectivity index (χ0) is 21.0. The van der Waals surface area contributed by atoms with Crippen LogP contribution in [-0.4, -0.2) is 47.3 Å². The Bertz CT molecular complexity index is 1360. The number of thioether (sulfide) groups is 1. The van der Waals surface area contributed by atoms with Crippen LogP contribution >= 0.6 is 11.8 Å². The first-order valence-electron chi connectivity index (χ1n) is 8.81. The predicted molar refractivity (Wildman–Crippen MR) is 108 cm³/mol. The molecule has 0 unspecified atom stereocenters. The van der Waals surface area contributed by atoms with Crippen molar-refractivity contribution in [3.8, 4) is 0 Å². The fourth-order valence-corrected chi connectivity index (χ4v) is 4.21. The Labute approximate surface area is 172 Å². The minimum atomic E-state index is -0.467. The van der Waals surface area contributed by atoms with Gasteiger partial charge in [-0.3, -0.25) is 24.6 Å². The highest BCUT2D eigenvalue weighted by Crippen LogP contribution is 2.30. The van der Waals surface area contributed by atoms with Gasteiger partial charge in [0.2, 0.25) is 5.16 Å². The van der Waals surface area contributed by atoms with E-state index in [4.69, 9.17) is 0 Å². The number of nitro groups is 1. The van der Waals surface area contributed by atoms with Gasteiger partial charge < -0.3 is 4.57 Å². The second-order valence-corrected chi connectivity index (χ2v) is 7.55. The van der Waals surface area contributed by atoms with Crippen molar-refractivity contribution in [2.45, 2.75) is 5.16 Å². The Balaban J connectivity index is 1.46. The lowest BCUT2D eigenvalue weighted by Gasteiger charge is -2.12. The number of carbonyl (C=O) groups is 2. The fraction of sp³-hybridized carbons (Fsp3) is 0.105. The molecule has 0 fully saturated rings. The summed E-state index contributed by atoms with van der Waals surface area (Å²) in [4.78, 5) is 41.2. The van der Waals surface area contributed by atoms with Crippen molar-refractivity contribution in [3.05, 3.63) is 63.7 Å². The van der Waals surface area contributed by atoms with E-state index in [0.29, 0.717) is 32.8 Å². The molecular formula is C19H12N6O4S. The van der Waals surface area contributed by atoms with Crippen LogP contribution in [0.3, 0.4) is 0 Å². The van der Waals surface area contributed by atoms with Gasteiger partial charge in [-0.1, -0.05) is 23.9 Å². The molecule has 4 aromatic rings. The maximum absolute atomic E-state index is 12.5. The molecule has 10 nitrogen and oxygen atoms in total. The van der Waals surface area contributed by atoms with E-state index >= 15 is 0 Å². The highest BCUT2D eigenvalue weighted by Gasteiger charge is 2.35. The summed E-state index contributed by atoms with van der Waals surface area (Å²) >= 11 is 1.12. The zero-order valence-corrected chi connectivity index (χ0v) is 16.3. The molecule has 148 valence electrons. The minimum Gasteiger partial charge on any atom is -0.327 e. The molecule has 30 heavy (non-hydrogen) atoms. The van der Waals surface area contributed by atoms with E-state index in [1.807, 2.05) is 0 Å². The minimum absolute atomic E-state index is 0.0409. The number of amides is 2. The van der Waals surface area contributed by atoms with Gasteiger partial charge in [-0.25, -0.2) is 4.98 Å². The lowest BCUT2D eigenvalue weighted by atomic mass is 10.1. The second kappa shape index (κ2) is 6.59. The number of nitro benzene ring substituents is 1. The molecule has 0 saturated heterocycles. The molecule has 2 amide bonds. The highest BCUT2D eigenvalue weighted by atomic mass is 32.2. The van der Waals surface area contributed by atoms with Crippen LogP contribution in [0.25, 0.3) is 22.1 Å². The topological polar surface area (TPSA) is 124 Å². The molecule has 5 rings (SSSR count). The van der Waals surface area contributed by atoms with Crippen LogP contribution in [0.1, 0.15) is 20.7 Å². The highest BCUT2D eigenvalue weighted by molar-refractivity contribution is 7.99. The number of carbonyl (C=O) groups excluding carboxylic acids is 2. The third kappa shape index (κ3) is 2.63. The SMILES string of the molecule is Cn1c2ccc([N+](=O)[O-])cc2c2nnc(SCN3C(=O)c4ccccc4C3=O)nc21. The molecule has 0 N–H and O–H groups in total. The van der Waals surface area contributed by atoms with Crippen LogP contribution in [0.4, 0.5) is 5.69 Å². The maximum atomic E-state index is 12.5. The number of rotatable bonds is 4. The smallest absolute Gasteiger partial charge is 0.270 e. The van der Waals surface area contributed by atoms with Crippen LogP contribution < -0.4 is 0 Å². The predicted octanol–water partition coefficient (Wildman–Crippen LogP) is 2.77. The molecule has 0 spiro atoms. The van der Waals surface area contributed by atoms with Crippen molar-refractivity contribution in [3.63, 3.8) is 0 Å². The van der Waals surface area contributed by atoms with Crippen LogP contribution in [0, 0.1) is 10.1 Å². The largest absolute Gasteiger partial charge is 0.327 e. The number of aromatic nitrogens is 4. The summed E-state index contributed by atoms with van der Waals surface area (Å²) in [6.07, 6.45) is 0. The summed E-state index contributed by atoms with van der Waals surface area (Å²) in [5, 5.41) is 20.2. The molecule has 11 heteroatoms. The van der Waals surface area contributed by atoms with Gasteiger partial charge in [0, 0.05) is 24.6 Å². The lowest BCUT2D eigenvalue weighted by Crippen LogP contribution is -2.29. The van der Waals surface area contributed by atoms with Crippen molar-refractivity contribution in [2.24, 2.45) is 7.05 Å². The molecule has 1 aliphatic rings. The van der Waals surface area contributed by atoms with Crippen molar-refractivity contribution >= 4 is 51.3 Å². The summed E-state index contributed by atoms with van der Waals surface area (Å²) in [5.74, 6) is -0.655. The third-order valence-corrected chi connectivity index (χ3v) is 5.79. The molecule has 2 aromatic carbocycles. The summed E-state index contributed by atoms with van der Waals surface area (Å²) in [6, 6.07) is 11.2. The summed E-state index contributed by atoms with van der Waals surface area (Å²) in [5.41, 5.74) is 2.41. The first kappa shape index (κ1) is 18.2. The van der Waals surface area contributed by atoms with E-state index in [9.17, 15) is 19.7 Å². The zero-order valence-electron chi connectivity index (χ0n) is 15.5. The number of nitrogens with zero attached hydrogens (tertiary/aromatic N) is 6. The monoisotopic (exact) mass is 420 g/mol. The van der Waals surface area contributed by atoms with Gasteiger partial charge >= 0.3 is 0 Å². The van der Waals surface area contributed by atoms with E-state index in [2.05, 4.69) is 15.2 Å².